The second kappa shape index (κ2) is 9.45. The number of aliphatic hydroxyl groups is 4. The molecule has 6 fully saturated rings. The minimum Gasteiger partial charge on any atom is -0.392 e. The van der Waals surface area contributed by atoms with E-state index in [1.165, 1.54) is 5.57 Å². The maximum Gasteiger partial charge on any atom is 0.186 e. The Bertz CT molecular complexity index is 1290. The van der Waals surface area contributed by atoms with Crippen LogP contribution in [-0.2, 0) is 23.8 Å². The van der Waals surface area contributed by atoms with Crippen molar-refractivity contribution in [2.24, 2.45) is 44.8 Å². The molecule has 0 radical (unpaired) electrons. The van der Waals surface area contributed by atoms with Gasteiger partial charge in [0.1, 0.15) is 30.2 Å². The molecule has 2 heterocycles. The zero-order valence-corrected chi connectivity index (χ0v) is 27.3. The maximum atomic E-state index is 13.9. The van der Waals surface area contributed by atoms with E-state index in [9.17, 15) is 30.0 Å². The molecular formula is C35H52O9. The second-order valence-corrected chi connectivity index (χ2v) is 17.3. The van der Waals surface area contributed by atoms with E-state index in [0.717, 1.165) is 25.7 Å². The van der Waals surface area contributed by atoms with Gasteiger partial charge >= 0.3 is 0 Å². The van der Waals surface area contributed by atoms with Gasteiger partial charge in [0.25, 0.3) is 0 Å². The molecule has 0 aromatic carbocycles. The number of hydrogen-bond acceptors (Lipinski definition) is 9. The summed E-state index contributed by atoms with van der Waals surface area (Å²) in [6, 6.07) is 0. The summed E-state index contributed by atoms with van der Waals surface area (Å²) in [6.45, 7) is 14.6. The van der Waals surface area contributed by atoms with Gasteiger partial charge in [0, 0.05) is 29.6 Å². The predicted octanol–water partition coefficient (Wildman–Crippen LogP) is 3.09. The number of hydrogen-bond donors (Lipinski definition) is 4. The summed E-state index contributed by atoms with van der Waals surface area (Å²) in [4.78, 5) is 27.0. The molecule has 2 aliphatic heterocycles. The summed E-state index contributed by atoms with van der Waals surface area (Å²) in [6.07, 6.45) is 0.934. The number of ether oxygens (including phenoxy) is 3. The Labute approximate surface area is 260 Å². The Morgan fingerprint density at radius 1 is 1.09 bits per heavy atom. The van der Waals surface area contributed by atoms with E-state index in [4.69, 9.17) is 14.2 Å². The highest BCUT2D eigenvalue weighted by Crippen LogP contribution is 2.87. The first-order valence-electron chi connectivity index (χ1n) is 16.8. The Balaban J connectivity index is 1.15. The first-order chi connectivity index (χ1) is 20.4. The lowest BCUT2D eigenvalue weighted by Gasteiger charge is -2.61. The molecule has 9 heteroatoms. The third kappa shape index (κ3) is 3.84. The Hall–Kier alpha value is -1.20. The summed E-state index contributed by atoms with van der Waals surface area (Å²) >= 11 is 0. The molecule has 0 aromatic rings. The zero-order chi connectivity index (χ0) is 32.0. The minimum atomic E-state index is -1.33. The number of carbonyl (C=O) groups excluding carboxylic acids is 2. The van der Waals surface area contributed by atoms with Crippen molar-refractivity contribution in [3.05, 3.63) is 11.6 Å². The van der Waals surface area contributed by atoms with Gasteiger partial charge in [-0.25, -0.2) is 0 Å². The highest BCUT2D eigenvalue weighted by molar-refractivity contribution is 5.90. The van der Waals surface area contributed by atoms with Crippen molar-refractivity contribution >= 4 is 11.6 Å². The van der Waals surface area contributed by atoms with Crippen molar-refractivity contribution in [2.45, 2.75) is 142 Å². The molecular weight excluding hydrogens is 564 g/mol. The minimum absolute atomic E-state index is 0.0687. The topological polar surface area (TPSA) is 146 Å². The van der Waals surface area contributed by atoms with Gasteiger partial charge in [0.05, 0.1) is 24.4 Å². The van der Waals surface area contributed by atoms with Crippen LogP contribution in [0.3, 0.4) is 0 Å². The molecule has 0 aromatic heterocycles. The van der Waals surface area contributed by atoms with Crippen LogP contribution in [0.5, 0.6) is 0 Å². The smallest absolute Gasteiger partial charge is 0.186 e. The van der Waals surface area contributed by atoms with E-state index in [0.29, 0.717) is 19.3 Å². The molecule has 9 nitrogen and oxygen atoms in total. The molecule has 246 valence electrons. The molecule has 0 bridgehead atoms. The van der Waals surface area contributed by atoms with Crippen LogP contribution >= 0.6 is 0 Å². The van der Waals surface area contributed by atoms with Crippen molar-refractivity contribution in [1.29, 1.82) is 0 Å². The lowest BCUT2D eigenvalue weighted by molar-refractivity contribution is -0.301. The van der Waals surface area contributed by atoms with E-state index in [1.807, 2.05) is 20.8 Å². The highest BCUT2D eigenvalue weighted by Gasteiger charge is 2.84. The Kier molecular flexibility index (Phi) is 6.75. The summed E-state index contributed by atoms with van der Waals surface area (Å²) in [5.41, 5.74) is -0.761. The van der Waals surface area contributed by atoms with Crippen LogP contribution in [0.1, 0.15) is 93.4 Å². The number of rotatable bonds is 6. The summed E-state index contributed by atoms with van der Waals surface area (Å²) in [5, 5.41) is 42.9. The molecule has 7 rings (SSSR count). The van der Waals surface area contributed by atoms with E-state index >= 15 is 0 Å². The summed E-state index contributed by atoms with van der Waals surface area (Å²) < 4.78 is 17.6. The number of epoxide rings is 1. The molecule has 4 N–H and O–H groups in total. The highest BCUT2D eigenvalue weighted by atomic mass is 16.7. The SMILES string of the molecule is CC(CC(=O)C1OC1(C)C)C1C(=O)CC2(C)C3=CCC4C(C)(C)C(OC5OCC(O)C(O)C5O)CCC45CC35C(O)CC12C. The van der Waals surface area contributed by atoms with Gasteiger partial charge in [-0.05, 0) is 74.0 Å². The van der Waals surface area contributed by atoms with Gasteiger partial charge in [0.15, 0.2) is 12.1 Å². The monoisotopic (exact) mass is 616 g/mol. The fourth-order valence-electron chi connectivity index (χ4n) is 11.9. The molecule has 7 aliphatic rings. The second-order valence-electron chi connectivity index (χ2n) is 17.3. The van der Waals surface area contributed by atoms with Crippen molar-refractivity contribution < 1.29 is 44.2 Å². The van der Waals surface area contributed by atoms with Gasteiger partial charge in [-0.1, -0.05) is 46.3 Å². The first kappa shape index (κ1) is 31.4. The summed E-state index contributed by atoms with van der Waals surface area (Å²) in [7, 11) is 0. The van der Waals surface area contributed by atoms with Gasteiger partial charge < -0.3 is 34.6 Å². The van der Waals surface area contributed by atoms with Gasteiger partial charge in [-0.3, -0.25) is 9.59 Å². The number of Topliss-reactive ketones (excluding diaryl/α,β-unsaturated/α-hetero) is 2. The molecule has 4 saturated carbocycles. The predicted molar refractivity (Wildman–Crippen MR) is 159 cm³/mol. The largest absolute Gasteiger partial charge is 0.392 e. The van der Waals surface area contributed by atoms with Crippen molar-refractivity contribution in [2.75, 3.05) is 6.61 Å². The van der Waals surface area contributed by atoms with E-state index in [1.54, 1.807) is 0 Å². The van der Waals surface area contributed by atoms with E-state index in [2.05, 4.69) is 33.8 Å². The van der Waals surface area contributed by atoms with Crippen LogP contribution in [0.2, 0.25) is 0 Å². The average Bonchev–Trinajstić information content (AvgIpc) is 3.78. The van der Waals surface area contributed by atoms with Crippen LogP contribution in [-0.4, -0.2) is 87.1 Å². The number of aliphatic hydroxyl groups excluding tert-OH is 4. The number of fused-ring (bicyclic) bond motifs is 2. The van der Waals surface area contributed by atoms with Crippen LogP contribution in [0.4, 0.5) is 0 Å². The van der Waals surface area contributed by atoms with E-state index in [-0.39, 0.29) is 63.7 Å². The van der Waals surface area contributed by atoms with Gasteiger partial charge in [-0.2, -0.15) is 0 Å². The maximum absolute atomic E-state index is 13.9. The molecule has 2 saturated heterocycles. The normalized spacial score (nSPS) is 53.8. The van der Waals surface area contributed by atoms with Crippen LogP contribution in [0, 0.1) is 44.8 Å². The summed E-state index contributed by atoms with van der Waals surface area (Å²) in [5.74, 6) is 0.0812. The lowest BCUT2D eigenvalue weighted by Crippen LogP contribution is -2.59. The number of ketones is 2. The average molecular weight is 617 g/mol. The van der Waals surface area contributed by atoms with Crippen LogP contribution < -0.4 is 0 Å². The van der Waals surface area contributed by atoms with E-state index < -0.39 is 47.8 Å². The third-order valence-electron chi connectivity index (χ3n) is 14.4. The number of carbonyl (C=O) groups is 2. The standard InChI is InChI=1S/C35H52O9/c1-17(12-18(36)28-31(4,5)44-28)25-19(37)13-32(6)22-9-8-21-30(2,3)24(43-29-27(41)26(40)20(38)15-42-29)10-11-34(21)16-35(22,34)23(39)14-33(25,32)7/h9,17,20-21,23-29,38-41H,8,10-16H2,1-7H3. The fourth-order valence-corrected chi connectivity index (χ4v) is 11.9. The van der Waals surface area contributed by atoms with Crippen molar-refractivity contribution in [3.63, 3.8) is 0 Å². The van der Waals surface area contributed by atoms with Crippen LogP contribution in [0.25, 0.3) is 0 Å². The molecule has 44 heavy (non-hydrogen) atoms. The molecule has 14 unspecified atom stereocenters. The van der Waals surface area contributed by atoms with Gasteiger partial charge in [0.2, 0.25) is 0 Å². The first-order valence-corrected chi connectivity index (χ1v) is 16.8. The molecule has 2 spiro atoms. The molecule has 0 amide bonds. The van der Waals surface area contributed by atoms with Gasteiger partial charge in [-0.15, -0.1) is 0 Å². The Morgan fingerprint density at radius 2 is 1.77 bits per heavy atom. The van der Waals surface area contributed by atoms with Crippen molar-refractivity contribution in [1.82, 2.24) is 0 Å². The van der Waals surface area contributed by atoms with Crippen LogP contribution in [0.15, 0.2) is 11.6 Å². The number of allylic oxidation sites excluding steroid dienone is 1. The molecule has 14 atom stereocenters. The lowest BCUT2D eigenvalue weighted by atomic mass is 9.44. The fraction of sp³-hybridized carbons (Fsp3) is 0.886. The third-order valence-corrected chi connectivity index (χ3v) is 14.4. The molecule has 5 aliphatic carbocycles. The quantitative estimate of drug-likeness (QED) is 0.261. The van der Waals surface area contributed by atoms with Crippen molar-refractivity contribution in [3.8, 4) is 0 Å². The Morgan fingerprint density at radius 3 is 2.43 bits per heavy atom. The zero-order valence-electron chi connectivity index (χ0n) is 27.3.